The van der Waals surface area contributed by atoms with Crippen molar-refractivity contribution in [3.63, 3.8) is 0 Å². The van der Waals surface area contributed by atoms with Gasteiger partial charge in [0.2, 0.25) is 6.79 Å². The molecule has 8 nitrogen and oxygen atoms in total. The highest BCUT2D eigenvalue weighted by Gasteiger charge is 2.29. The molecular formula is C25H28FN3O5. The van der Waals surface area contributed by atoms with Gasteiger partial charge in [0.15, 0.2) is 11.5 Å². The summed E-state index contributed by atoms with van der Waals surface area (Å²) >= 11 is 0. The van der Waals surface area contributed by atoms with E-state index < -0.39 is 0 Å². The Balaban J connectivity index is 1.15. The highest BCUT2D eigenvalue weighted by molar-refractivity contribution is 5.95. The minimum absolute atomic E-state index is 0.0430. The third-order valence-electron chi connectivity index (χ3n) is 6.47. The van der Waals surface area contributed by atoms with Gasteiger partial charge in [-0.25, -0.2) is 4.39 Å². The molecule has 0 spiro atoms. The van der Waals surface area contributed by atoms with Crippen molar-refractivity contribution in [3.05, 3.63) is 59.4 Å². The molecule has 9 heteroatoms. The number of hydrogen-bond acceptors (Lipinski definition) is 6. The third kappa shape index (κ3) is 5.00. The largest absolute Gasteiger partial charge is 0.454 e. The fraction of sp³-hybridized carbons (Fsp3) is 0.440. The Hall–Kier alpha value is -3.17. The standard InChI is InChI=1S/C25H28FN3O5/c26-20-5-2-18(3-6-20)24(30)28-9-1-8-27(10-11-28)15-21-16-29(12-13-32-21)25(31)19-4-7-22-23(14-19)34-17-33-22/h2-7,14,21H,1,8-13,15-17H2/t21-/m1/s1. The van der Waals surface area contributed by atoms with Crippen LogP contribution in [0.5, 0.6) is 11.5 Å². The summed E-state index contributed by atoms with van der Waals surface area (Å²) in [5, 5.41) is 0. The lowest BCUT2D eigenvalue weighted by atomic mass is 10.1. The first kappa shape index (κ1) is 22.6. The molecule has 2 amide bonds. The zero-order valence-electron chi connectivity index (χ0n) is 19.0. The molecule has 2 aromatic rings. The molecule has 0 bridgehead atoms. The highest BCUT2D eigenvalue weighted by Crippen LogP contribution is 2.33. The zero-order valence-corrected chi connectivity index (χ0v) is 19.0. The van der Waals surface area contributed by atoms with Crippen LogP contribution in [0.1, 0.15) is 27.1 Å². The van der Waals surface area contributed by atoms with Crippen LogP contribution in [0.4, 0.5) is 4.39 Å². The molecule has 180 valence electrons. The van der Waals surface area contributed by atoms with Gasteiger partial charge in [0.1, 0.15) is 5.82 Å². The molecule has 0 unspecified atom stereocenters. The lowest BCUT2D eigenvalue weighted by Crippen LogP contribution is -2.50. The molecule has 2 fully saturated rings. The van der Waals surface area contributed by atoms with E-state index in [0.29, 0.717) is 62.0 Å². The molecule has 0 saturated carbocycles. The Morgan fingerprint density at radius 3 is 2.47 bits per heavy atom. The van der Waals surface area contributed by atoms with E-state index >= 15 is 0 Å². The second-order valence-electron chi connectivity index (χ2n) is 8.77. The number of hydrogen-bond donors (Lipinski definition) is 0. The summed E-state index contributed by atoms with van der Waals surface area (Å²) in [4.78, 5) is 31.8. The molecule has 0 aromatic heterocycles. The zero-order chi connectivity index (χ0) is 23.5. The summed E-state index contributed by atoms with van der Waals surface area (Å²) in [5.41, 5.74) is 1.08. The second kappa shape index (κ2) is 9.99. The molecule has 2 saturated heterocycles. The summed E-state index contributed by atoms with van der Waals surface area (Å²) < 4.78 is 29.9. The van der Waals surface area contributed by atoms with Crippen LogP contribution in [-0.2, 0) is 4.74 Å². The van der Waals surface area contributed by atoms with E-state index in [1.54, 1.807) is 18.2 Å². The molecule has 3 heterocycles. The van der Waals surface area contributed by atoms with Gasteiger partial charge in [0.05, 0.1) is 12.7 Å². The summed E-state index contributed by atoms with van der Waals surface area (Å²) in [5.74, 6) is 0.788. The predicted molar refractivity (Wildman–Crippen MR) is 122 cm³/mol. The Morgan fingerprint density at radius 2 is 1.62 bits per heavy atom. The minimum atomic E-state index is -0.350. The van der Waals surface area contributed by atoms with Crippen LogP contribution in [0, 0.1) is 5.82 Å². The van der Waals surface area contributed by atoms with Crippen LogP contribution in [0.3, 0.4) is 0 Å². The van der Waals surface area contributed by atoms with E-state index in [1.807, 2.05) is 9.80 Å². The minimum Gasteiger partial charge on any atom is -0.454 e. The fourth-order valence-electron chi connectivity index (χ4n) is 4.65. The second-order valence-corrected chi connectivity index (χ2v) is 8.77. The van der Waals surface area contributed by atoms with Crippen molar-refractivity contribution in [1.29, 1.82) is 0 Å². The number of benzene rings is 2. The van der Waals surface area contributed by atoms with Crippen molar-refractivity contribution < 1.29 is 28.2 Å². The van der Waals surface area contributed by atoms with Crippen LogP contribution in [-0.4, -0.2) is 91.8 Å². The highest BCUT2D eigenvalue weighted by atomic mass is 19.1. The van der Waals surface area contributed by atoms with Gasteiger partial charge in [-0.15, -0.1) is 0 Å². The Labute approximate surface area is 197 Å². The maximum absolute atomic E-state index is 13.2. The molecule has 2 aromatic carbocycles. The van der Waals surface area contributed by atoms with Crippen molar-refractivity contribution >= 4 is 11.8 Å². The van der Waals surface area contributed by atoms with Gasteiger partial charge in [-0.2, -0.15) is 0 Å². The van der Waals surface area contributed by atoms with Crippen molar-refractivity contribution in [3.8, 4) is 11.5 Å². The van der Waals surface area contributed by atoms with E-state index in [1.165, 1.54) is 24.3 Å². The number of carbonyl (C=O) groups excluding carboxylic acids is 2. The molecule has 3 aliphatic rings. The first-order valence-corrected chi connectivity index (χ1v) is 11.6. The van der Waals surface area contributed by atoms with Crippen molar-refractivity contribution in [2.24, 2.45) is 0 Å². The summed E-state index contributed by atoms with van der Waals surface area (Å²) in [6, 6.07) is 11.0. The van der Waals surface area contributed by atoms with Crippen molar-refractivity contribution in [2.75, 3.05) is 59.2 Å². The van der Waals surface area contributed by atoms with E-state index in [4.69, 9.17) is 14.2 Å². The first-order chi connectivity index (χ1) is 16.6. The number of rotatable bonds is 4. The Morgan fingerprint density at radius 1 is 0.853 bits per heavy atom. The number of amides is 2. The molecule has 0 aliphatic carbocycles. The number of halogens is 1. The predicted octanol–water partition coefficient (Wildman–Crippen LogP) is 2.24. The average molecular weight is 470 g/mol. The summed E-state index contributed by atoms with van der Waals surface area (Å²) in [6.07, 6.45) is 0.755. The molecule has 0 radical (unpaired) electrons. The monoisotopic (exact) mass is 469 g/mol. The van der Waals surface area contributed by atoms with E-state index in [2.05, 4.69) is 4.90 Å². The lowest BCUT2D eigenvalue weighted by Gasteiger charge is -2.35. The maximum atomic E-state index is 13.2. The number of ether oxygens (including phenoxy) is 3. The van der Waals surface area contributed by atoms with Gasteiger partial charge in [0.25, 0.3) is 11.8 Å². The number of morpholine rings is 1. The first-order valence-electron chi connectivity index (χ1n) is 11.6. The number of nitrogens with zero attached hydrogens (tertiary/aromatic N) is 3. The van der Waals surface area contributed by atoms with E-state index in [9.17, 15) is 14.0 Å². The summed E-state index contributed by atoms with van der Waals surface area (Å²) in [7, 11) is 0. The van der Waals surface area contributed by atoms with Gasteiger partial charge in [-0.05, 0) is 55.4 Å². The average Bonchev–Trinajstić information content (AvgIpc) is 3.21. The summed E-state index contributed by atoms with van der Waals surface area (Å²) in [6.45, 7) is 5.26. The quantitative estimate of drug-likeness (QED) is 0.684. The van der Waals surface area contributed by atoms with Crippen molar-refractivity contribution in [1.82, 2.24) is 14.7 Å². The van der Waals surface area contributed by atoms with E-state index in [-0.39, 0.29) is 30.5 Å². The van der Waals surface area contributed by atoms with Gasteiger partial charge in [-0.3, -0.25) is 14.5 Å². The molecule has 5 rings (SSSR count). The number of carbonyl (C=O) groups is 2. The van der Waals surface area contributed by atoms with Crippen molar-refractivity contribution in [2.45, 2.75) is 12.5 Å². The third-order valence-corrected chi connectivity index (χ3v) is 6.47. The lowest BCUT2D eigenvalue weighted by molar-refractivity contribution is -0.0353. The molecule has 34 heavy (non-hydrogen) atoms. The number of fused-ring (bicyclic) bond motifs is 1. The molecular weight excluding hydrogens is 441 g/mol. The normalized spacial score (nSPS) is 20.8. The van der Waals surface area contributed by atoms with E-state index in [0.717, 1.165) is 19.5 Å². The van der Waals surface area contributed by atoms with Crippen LogP contribution < -0.4 is 9.47 Å². The van der Waals surface area contributed by atoms with Crippen LogP contribution in [0.15, 0.2) is 42.5 Å². The Bertz CT molecular complexity index is 1050. The molecule has 0 N–H and O–H groups in total. The van der Waals surface area contributed by atoms with Gasteiger partial charge >= 0.3 is 0 Å². The van der Waals surface area contributed by atoms with Crippen LogP contribution in [0.25, 0.3) is 0 Å². The maximum Gasteiger partial charge on any atom is 0.254 e. The van der Waals surface area contributed by atoms with Gasteiger partial charge in [0, 0.05) is 50.4 Å². The smallest absolute Gasteiger partial charge is 0.254 e. The van der Waals surface area contributed by atoms with Gasteiger partial charge in [-0.1, -0.05) is 0 Å². The fourth-order valence-corrected chi connectivity index (χ4v) is 4.65. The molecule has 3 aliphatic heterocycles. The topological polar surface area (TPSA) is 71.6 Å². The Kier molecular flexibility index (Phi) is 6.64. The van der Waals surface area contributed by atoms with Gasteiger partial charge < -0.3 is 24.0 Å². The SMILES string of the molecule is O=C(c1ccc(F)cc1)N1CCCN(C[C@@H]2CN(C(=O)c3ccc4c(c3)OCO4)CCO2)CC1. The van der Waals surface area contributed by atoms with Crippen LogP contribution >= 0.6 is 0 Å². The molecule has 1 atom stereocenters. The van der Waals surface area contributed by atoms with Crippen LogP contribution in [0.2, 0.25) is 0 Å².